The van der Waals surface area contributed by atoms with Gasteiger partial charge in [0.25, 0.3) is 5.69 Å². The molecule has 1 aromatic carbocycles. The first-order chi connectivity index (χ1) is 7.68. The van der Waals surface area contributed by atoms with Crippen LogP contribution in [0.25, 0.3) is 0 Å². The zero-order valence-electron chi connectivity index (χ0n) is 8.80. The van der Waals surface area contributed by atoms with Crippen LogP contribution in [0.3, 0.4) is 0 Å². The van der Waals surface area contributed by atoms with E-state index in [1.807, 2.05) is 4.90 Å². The maximum absolute atomic E-state index is 13.0. The van der Waals surface area contributed by atoms with Crippen molar-refractivity contribution in [2.45, 2.75) is 19.0 Å². The molecule has 5 heteroatoms. The molecule has 0 amide bonds. The Morgan fingerprint density at radius 3 is 2.56 bits per heavy atom. The van der Waals surface area contributed by atoms with E-state index in [0.717, 1.165) is 0 Å². The number of nitro groups is 1. The third kappa shape index (κ3) is 2.13. The molecule has 1 fully saturated rings. The van der Waals surface area contributed by atoms with Crippen molar-refractivity contribution in [1.82, 2.24) is 0 Å². The molecule has 0 unspecified atom stereocenters. The first-order valence-corrected chi connectivity index (χ1v) is 5.31. The lowest BCUT2D eigenvalue weighted by molar-refractivity contribution is -0.384. The highest BCUT2D eigenvalue weighted by molar-refractivity contribution is 5.63. The predicted octanol–water partition coefficient (Wildman–Crippen LogP) is 2.53. The Morgan fingerprint density at radius 1 is 1.31 bits per heavy atom. The van der Waals surface area contributed by atoms with Gasteiger partial charge < -0.3 is 4.90 Å². The molecule has 0 atom stereocenters. The average Bonchev–Trinajstić information content (AvgIpc) is 2.30. The molecule has 1 aliphatic heterocycles. The molecule has 0 aromatic heterocycles. The molecular weight excluding hydrogens is 211 g/mol. The first-order valence-electron chi connectivity index (χ1n) is 5.31. The van der Waals surface area contributed by atoms with E-state index in [1.165, 1.54) is 6.07 Å². The lowest BCUT2D eigenvalue weighted by Gasteiger charge is -2.30. The number of nitro benzene ring substituents is 1. The predicted molar refractivity (Wildman–Crippen MR) is 59.4 cm³/mol. The summed E-state index contributed by atoms with van der Waals surface area (Å²) in [5.41, 5.74) is 0.694. The molecule has 1 saturated heterocycles. The van der Waals surface area contributed by atoms with Crippen molar-refractivity contribution in [2.75, 3.05) is 18.0 Å². The van der Waals surface area contributed by atoms with E-state index in [9.17, 15) is 14.5 Å². The minimum absolute atomic E-state index is 0.0970. The number of anilines is 1. The van der Waals surface area contributed by atoms with Crippen LogP contribution in [0.15, 0.2) is 24.3 Å². The van der Waals surface area contributed by atoms with Crippen LogP contribution >= 0.6 is 0 Å². The van der Waals surface area contributed by atoms with Gasteiger partial charge in [0.2, 0.25) is 0 Å². The van der Waals surface area contributed by atoms with Gasteiger partial charge in [0.15, 0.2) is 0 Å². The molecule has 0 spiro atoms. The fourth-order valence-electron chi connectivity index (χ4n) is 1.97. The van der Waals surface area contributed by atoms with Crippen molar-refractivity contribution >= 4 is 11.4 Å². The largest absolute Gasteiger partial charge is 0.366 e. The molecule has 4 nitrogen and oxygen atoms in total. The summed E-state index contributed by atoms with van der Waals surface area (Å²) in [5, 5.41) is 10.8. The summed E-state index contributed by atoms with van der Waals surface area (Å²) >= 11 is 0. The first kappa shape index (κ1) is 10.9. The van der Waals surface area contributed by atoms with E-state index in [2.05, 4.69) is 0 Å². The lowest BCUT2D eigenvalue weighted by atomic mass is 10.1. The summed E-state index contributed by atoms with van der Waals surface area (Å²) in [6.45, 7) is 1.10. The van der Waals surface area contributed by atoms with Crippen LogP contribution in [0.4, 0.5) is 15.8 Å². The second-order valence-corrected chi connectivity index (χ2v) is 3.91. The fraction of sp³-hybridized carbons (Fsp3) is 0.455. The van der Waals surface area contributed by atoms with Gasteiger partial charge in [-0.25, -0.2) is 4.39 Å². The molecule has 2 rings (SSSR count). The standard InChI is InChI=1S/C11H13FN2O2/c12-9-5-7-13(8-6-9)10-3-1-2-4-11(10)14(15)16/h1-4,9H,5-8H2. The number of hydrogen-bond donors (Lipinski definition) is 0. The highest BCUT2D eigenvalue weighted by atomic mass is 19.1. The third-order valence-electron chi connectivity index (χ3n) is 2.84. The van der Waals surface area contributed by atoms with Gasteiger partial charge in [0.1, 0.15) is 11.9 Å². The van der Waals surface area contributed by atoms with Crippen LogP contribution < -0.4 is 4.90 Å². The summed E-state index contributed by atoms with van der Waals surface area (Å²) in [7, 11) is 0. The Balaban J connectivity index is 2.23. The minimum Gasteiger partial charge on any atom is -0.366 e. The van der Waals surface area contributed by atoms with Crippen LogP contribution in [0, 0.1) is 10.1 Å². The molecule has 0 radical (unpaired) electrons. The number of hydrogen-bond acceptors (Lipinski definition) is 3. The van der Waals surface area contributed by atoms with Gasteiger partial charge in [-0.15, -0.1) is 0 Å². The van der Waals surface area contributed by atoms with E-state index < -0.39 is 11.1 Å². The topological polar surface area (TPSA) is 46.4 Å². The van der Waals surface area contributed by atoms with Crippen molar-refractivity contribution in [1.29, 1.82) is 0 Å². The van der Waals surface area contributed by atoms with Crippen LogP contribution in [-0.4, -0.2) is 24.2 Å². The van der Waals surface area contributed by atoms with E-state index in [-0.39, 0.29) is 5.69 Å². The van der Waals surface area contributed by atoms with E-state index in [1.54, 1.807) is 18.2 Å². The molecule has 16 heavy (non-hydrogen) atoms. The number of para-hydroxylation sites is 2. The van der Waals surface area contributed by atoms with Crippen LogP contribution in [-0.2, 0) is 0 Å². The smallest absolute Gasteiger partial charge is 0.292 e. The molecular formula is C11H13FN2O2. The van der Waals surface area contributed by atoms with Crippen molar-refractivity contribution in [3.8, 4) is 0 Å². The maximum atomic E-state index is 13.0. The van der Waals surface area contributed by atoms with E-state index in [0.29, 0.717) is 31.6 Å². The molecule has 1 aliphatic rings. The van der Waals surface area contributed by atoms with Gasteiger partial charge in [-0.3, -0.25) is 10.1 Å². The minimum atomic E-state index is -0.765. The number of rotatable bonds is 2. The highest BCUT2D eigenvalue weighted by Gasteiger charge is 2.23. The van der Waals surface area contributed by atoms with E-state index >= 15 is 0 Å². The number of benzene rings is 1. The lowest BCUT2D eigenvalue weighted by Crippen LogP contribution is -2.34. The summed E-state index contributed by atoms with van der Waals surface area (Å²) in [4.78, 5) is 12.3. The zero-order chi connectivity index (χ0) is 11.5. The van der Waals surface area contributed by atoms with Crippen molar-refractivity contribution in [3.05, 3.63) is 34.4 Å². The number of nitrogens with zero attached hydrogens (tertiary/aromatic N) is 2. The molecule has 1 aromatic rings. The monoisotopic (exact) mass is 224 g/mol. The highest BCUT2D eigenvalue weighted by Crippen LogP contribution is 2.30. The van der Waals surface area contributed by atoms with E-state index in [4.69, 9.17) is 0 Å². The molecule has 0 N–H and O–H groups in total. The van der Waals surface area contributed by atoms with Crippen LogP contribution in [0.2, 0.25) is 0 Å². The van der Waals surface area contributed by atoms with Crippen molar-refractivity contribution < 1.29 is 9.31 Å². The summed E-state index contributed by atoms with van der Waals surface area (Å²) in [6.07, 6.45) is 0.136. The molecule has 0 bridgehead atoms. The SMILES string of the molecule is O=[N+]([O-])c1ccccc1N1CCC(F)CC1. The second-order valence-electron chi connectivity index (χ2n) is 3.91. The van der Waals surface area contributed by atoms with Gasteiger partial charge in [-0.2, -0.15) is 0 Å². The van der Waals surface area contributed by atoms with Crippen molar-refractivity contribution in [2.24, 2.45) is 0 Å². The molecule has 0 aliphatic carbocycles. The Labute approximate surface area is 92.8 Å². The zero-order valence-corrected chi connectivity index (χ0v) is 8.80. The van der Waals surface area contributed by atoms with Gasteiger partial charge >= 0.3 is 0 Å². The summed E-state index contributed by atoms with van der Waals surface area (Å²) in [5.74, 6) is 0. The Morgan fingerprint density at radius 2 is 1.94 bits per heavy atom. The number of alkyl halides is 1. The van der Waals surface area contributed by atoms with Gasteiger partial charge in [0, 0.05) is 19.2 Å². The quantitative estimate of drug-likeness (QED) is 0.572. The summed E-state index contributed by atoms with van der Waals surface area (Å²) in [6, 6.07) is 6.61. The third-order valence-corrected chi connectivity index (χ3v) is 2.84. The van der Waals surface area contributed by atoms with Crippen LogP contribution in [0.1, 0.15) is 12.8 Å². The van der Waals surface area contributed by atoms with Gasteiger partial charge in [0.05, 0.1) is 4.92 Å². The van der Waals surface area contributed by atoms with Crippen molar-refractivity contribution in [3.63, 3.8) is 0 Å². The normalized spacial score (nSPS) is 17.4. The summed E-state index contributed by atoms with van der Waals surface area (Å²) < 4.78 is 13.0. The molecule has 86 valence electrons. The Hall–Kier alpha value is -1.65. The number of halogens is 1. The van der Waals surface area contributed by atoms with Gasteiger partial charge in [-0.05, 0) is 18.9 Å². The fourth-order valence-corrected chi connectivity index (χ4v) is 1.97. The Bertz CT molecular complexity index is 389. The second kappa shape index (κ2) is 4.47. The molecule has 1 heterocycles. The number of piperidine rings is 1. The molecule has 0 saturated carbocycles. The maximum Gasteiger partial charge on any atom is 0.292 e. The van der Waals surface area contributed by atoms with Gasteiger partial charge in [-0.1, -0.05) is 12.1 Å². The Kier molecular flexibility index (Phi) is 3.03. The average molecular weight is 224 g/mol. The van der Waals surface area contributed by atoms with Crippen LogP contribution in [0.5, 0.6) is 0 Å².